The van der Waals surface area contributed by atoms with Gasteiger partial charge in [0, 0.05) is 17.5 Å². The van der Waals surface area contributed by atoms with E-state index in [1.807, 2.05) is 16.8 Å². The van der Waals surface area contributed by atoms with E-state index in [-0.39, 0.29) is 28.7 Å². The minimum atomic E-state index is -1.28. The molecule has 0 bridgehead atoms. The highest BCUT2D eigenvalue weighted by atomic mass is 32.2. The van der Waals surface area contributed by atoms with Crippen molar-refractivity contribution in [3.8, 4) is 0 Å². The zero-order valence-electron chi connectivity index (χ0n) is 18.4. The molecular formula is C22H26N2O7S2. The third-order valence-corrected chi connectivity index (χ3v) is 6.28. The molecule has 0 fully saturated rings. The normalized spacial score (nSPS) is 12.9. The first kappa shape index (κ1) is 26.2. The number of benzene rings is 1. The molecule has 11 heteroatoms. The number of rotatable bonds is 10. The zero-order valence-corrected chi connectivity index (χ0v) is 20.0. The molecule has 2 rings (SSSR count). The maximum absolute atomic E-state index is 12.6. The van der Waals surface area contributed by atoms with Gasteiger partial charge in [-0.1, -0.05) is 12.1 Å². The van der Waals surface area contributed by atoms with Crippen LogP contribution in [0, 0.1) is 0 Å². The Morgan fingerprint density at radius 1 is 1.09 bits per heavy atom. The molecule has 0 saturated carbocycles. The van der Waals surface area contributed by atoms with Gasteiger partial charge in [-0.15, -0.1) is 11.8 Å². The molecule has 4 N–H and O–H groups in total. The number of hydrogen-bond acceptors (Lipinski definition) is 7. The van der Waals surface area contributed by atoms with Gasteiger partial charge in [-0.3, -0.25) is 4.79 Å². The van der Waals surface area contributed by atoms with Crippen molar-refractivity contribution >= 4 is 47.0 Å². The highest BCUT2D eigenvalue weighted by Gasteiger charge is 2.26. The fraction of sp³-hybridized carbons (Fsp3) is 0.364. The number of amides is 2. The fourth-order valence-corrected chi connectivity index (χ4v) is 4.70. The van der Waals surface area contributed by atoms with Gasteiger partial charge in [0.25, 0.3) is 5.91 Å². The topological polar surface area (TPSA) is 142 Å². The number of carbonyl (C=O) groups excluding carboxylic acids is 2. The van der Waals surface area contributed by atoms with E-state index in [0.717, 1.165) is 5.56 Å². The minimum absolute atomic E-state index is 0.00712. The van der Waals surface area contributed by atoms with Crippen molar-refractivity contribution in [2.24, 2.45) is 0 Å². The predicted molar refractivity (Wildman–Crippen MR) is 126 cm³/mol. The SMILES string of the molecule is CC(C)(C)OC(=O)NCC(SC[C@H](NC(=O)c1ccccc1C(=O)O)C(=O)O)c1ccsc1. The number of aliphatic carboxylic acids is 1. The molecular weight excluding hydrogens is 468 g/mol. The number of nitrogens with one attached hydrogen (secondary N) is 2. The number of carbonyl (C=O) groups is 4. The van der Waals surface area contributed by atoms with Gasteiger partial charge >= 0.3 is 18.0 Å². The summed E-state index contributed by atoms with van der Waals surface area (Å²) in [6, 6.07) is 6.18. The summed E-state index contributed by atoms with van der Waals surface area (Å²) in [5, 5.41) is 27.4. The molecule has 1 aromatic carbocycles. The maximum Gasteiger partial charge on any atom is 0.407 e. The van der Waals surface area contributed by atoms with E-state index in [4.69, 9.17) is 4.74 Å². The Hall–Kier alpha value is -3.05. The summed E-state index contributed by atoms with van der Waals surface area (Å²) in [7, 11) is 0. The summed E-state index contributed by atoms with van der Waals surface area (Å²) in [6.07, 6.45) is -0.586. The first-order valence-corrected chi connectivity index (χ1v) is 11.9. The van der Waals surface area contributed by atoms with Crippen molar-refractivity contribution in [1.82, 2.24) is 10.6 Å². The van der Waals surface area contributed by atoms with Gasteiger partial charge < -0.3 is 25.6 Å². The number of hydrogen-bond donors (Lipinski definition) is 4. The molecule has 0 radical (unpaired) electrons. The highest BCUT2D eigenvalue weighted by Crippen LogP contribution is 2.30. The first-order valence-electron chi connectivity index (χ1n) is 9.94. The molecule has 1 unspecified atom stereocenters. The summed E-state index contributed by atoms with van der Waals surface area (Å²) >= 11 is 2.71. The fourth-order valence-electron chi connectivity index (χ4n) is 2.71. The Labute approximate surface area is 199 Å². The van der Waals surface area contributed by atoms with Gasteiger partial charge in [0.15, 0.2) is 0 Å². The van der Waals surface area contributed by atoms with Crippen molar-refractivity contribution in [3.63, 3.8) is 0 Å². The van der Waals surface area contributed by atoms with Crippen molar-refractivity contribution in [2.45, 2.75) is 37.7 Å². The van der Waals surface area contributed by atoms with E-state index < -0.39 is 35.6 Å². The lowest BCUT2D eigenvalue weighted by molar-refractivity contribution is -0.138. The van der Waals surface area contributed by atoms with Crippen molar-refractivity contribution < 1.29 is 34.1 Å². The van der Waals surface area contributed by atoms with E-state index >= 15 is 0 Å². The summed E-state index contributed by atoms with van der Waals surface area (Å²) in [6.45, 7) is 5.44. The predicted octanol–water partition coefficient (Wildman–Crippen LogP) is 3.63. The lowest BCUT2D eigenvalue weighted by atomic mass is 10.1. The first-order chi connectivity index (χ1) is 15.5. The Kier molecular flexibility index (Phi) is 9.30. The van der Waals surface area contributed by atoms with Crippen LogP contribution in [0.15, 0.2) is 41.1 Å². The van der Waals surface area contributed by atoms with Crippen LogP contribution in [-0.2, 0) is 9.53 Å². The number of thioether (sulfide) groups is 1. The van der Waals surface area contributed by atoms with Gasteiger partial charge in [0.1, 0.15) is 11.6 Å². The van der Waals surface area contributed by atoms with Crippen molar-refractivity contribution in [1.29, 1.82) is 0 Å². The monoisotopic (exact) mass is 494 g/mol. The van der Waals surface area contributed by atoms with Crippen LogP contribution in [0.4, 0.5) is 4.79 Å². The minimum Gasteiger partial charge on any atom is -0.480 e. The van der Waals surface area contributed by atoms with Crippen LogP contribution >= 0.6 is 23.1 Å². The van der Waals surface area contributed by atoms with Gasteiger partial charge in [-0.2, -0.15) is 11.3 Å². The number of ether oxygens (including phenoxy) is 1. The molecule has 178 valence electrons. The largest absolute Gasteiger partial charge is 0.480 e. The van der Waals surface area contributed by atoms with E-state index in [1.165, 1.54) is 47.4 Å². The molecule has 2 amide bonds. The quantitative estimate of drug-likeness (QED) is 0.392. The van der Waals surface area contributed by atoms with Crippen LogP contribution in [0.25, 0.3) is 0 Å². The van der Waals surface area contributed by atoms with Gasteiger partial charge in [-0.25, -0.2) is 14.4 Å². The average molecular weight is 495 g/mol. The van der Waals surface area contributed by atoms with E-state index in [9.17, 15) is 29.4 Å². The summed E-state index contributed by atoms with van der Waals surface area (Å²) in [4.78, 5) is 47.8. The van der Waals surface area contributed by atoms with Crippen molar-refractivity contribution in [3.05, 3.63) is 57.8 Å². The summed E-state index contributed by atoms with van der Waals surface area (Å²) in [5.74, 6) is -3.34. The van der Waals surface area contributed by atoms with E-state index in [1.54, 1.807) is 20.8 Å². The number of thiophene rings is 1. The Morgan fingerprint density at radius 2 is 1.76 bits per heavy atom. The molecule has 1 aromatic heterocycles. The second kappa shape index (κ2) is 11.7. The standard InChI is InChI=1S/C22H26N2O7S2/c1-22(2,3)31-21(30)23-10-17(13-8-9-32-11-13)33-12-16(20(28)29)24-18(25)14-6-4-5-7-15(14)19(26)27/h4-9,11,16-17H,10,12H2,1-3H3,(H,23,30)(H,24,25)(H,26,27)(H,28,29)/t16-,17?/m0/s1. The van der Waals surface area contributed by atoms with Crippen LogP contribution in [0.3, 0.4) is 0 Å². The molecule has 0 aliphatic rings. The number of carboxylic acids is 2. The molecule has 1 heterocycles. The Bertz CT molecular complexity index is 987. The molecule has 0 spiro atoms. The third-order valence-electron chi connectivity index (χ3n) is 4.22. The molecule has 0 aliphatic heterocycles. The lowest BCUT2D eigenvalue weighted by Crippen LogP contribution is -2.43. The van der Waals surface area contributed by atoms with Crippen LogP contribution in [0.2, 0.25) is 0 Å². The van der Waals surface area contributed by atoms with Crippen molar-refractivity contribution in [2.75, 3.05) is 12.3 Å². The smallest absolute Gasteiger partial charge is 0.407 e. The maximum atomic E-state index is 12.6. The van der Waals surface area contributed by atoms with Crippen LogP contribution < -0.4 is 10.6 Å². The second-order valence-electron chi connectivity index (χ2n) is 7.98. The molecule has 2 atom stereocenters. The van der Waals surface area contributed by atoms with Gasteiger partial charge in [0.05, 0.1) is 11.1 Å². The highest BCUT2D eigenvalue weighted by molar-refractivity contribution is 7.99. The van der Waals surface area contributed by atoms with E-state index in [0.29, 0.717) is 0 Å². The van der Waals surface area contributed by atoms with Gasteiger partial charge in [0.2, 0.25) is 0 Å². The number of aromatic carboxylic acids is 1. The third kappa shape index (κ3) is 8.43. The Balaban J connectivity index is 2.07. The van der Waals surface area contributed by atoms with Crippen LogP contribution in [0.5, 0.6) is 0 Å². The molecule has 0 aliphatic carbocycles. The zero-order chi connectivity index (χ0) is 24.6. The molecule has 2 aromatic rings. The van der Waals surface area contributed by atoms with Crippen LogP contribution in [0.1, 0.15) is 52.3 Å². The average Bonchev–Trinajstić information content (AvgIpc) is 3.25. The molecule has 33 heavy (non-hydrogen) atoms. The number of alkyl carbamates (subject to hydrolysis) is 1. The lowest BCUT2D eigenvalue weighted by Gasteiger charge is -2.22. The second-order valence-corrected chi connectivity index (χ2v) is 9.99. The summed E-state index contributed by atoms with van der Waals surface area (Å²) < 4.78 is 5.25. The molecule has 9 nitrogen and oxygen atoms in total. The Morgan fingerprint density at radius 3 is 2.30 bits per heavy atom. The molecule has 0 saturated heterocycles. The van der Waals surface area contributed by atoms with Crippen LogP contribution in [-0.4, -0.2) is 58.1 Å². The number of carboxylic acid groups (broad SMARTS) is 2. The summed E-state index contributed by atoms with van der Waals surface area (Å²) in [5.41, 5.74) is -0.0977. The van der Waals surface area contributed by atoms with Gasteiger partial charge in [-0.05, 0) is 55.3 Å². The van der Waals surface area contributed by atoms with E-state index in [2.05, 4.69) is 10.6 Å².